The first-order valence-corrected chi connectivity index (χ1v) is 11.0. The third kappa shape index (κ3) is 3.85. The number of aromatic nitrogens is 3. The number of hydrogen-bond acceptors (Lipinski definition) is 3. The van der Waals surface area contributed by atoms with E-state index in [1.54, 1.807) is 6.33 Å². The van der Waals surface area contributed by atoms with Gasteiger partial charge in [-0.15, -0.1) is 0 Å². The average molecular weight is 439 g/mol. The van der Waals surface area contributed by atoms with E-state index in [1.807, 2.05) is 37.3 Å². The van der Waals surface area contributed by atoms with Crippen molar-refractivity contribution in [2.75, 3.05) is 5.32 Å². The van der Waals surface area contributed by atoms with E-state index in [0.717, 1.165) is 44.3 Å². The lowest BCUT2D eigenvalue weighted by Crippen LogP contribution is -2.03. The van der Waals surface area contributed by atoms with E-state index in [1.165, 1.54) is 11.1 Å². The minimum Gasteiger partial charge on any atom is -0.365 e. The van der Waals surface area contributed by atoms with Crippen LogP contribution in [-0.4, -0.2) is 14.5 Å². The largest absolute Gasteiger partial charge is 0.365 e. The molecule has 0 amide bonds. The van der Waals surface area contributed by atoms with Gasteiger partial charge in [-0.1, -0.05) is 77.8 Å². The molecule has 32 heavy (non-hydrogen) atoms. The van der Waals surface area contributed by atoms with Gasteiger partial charge in [0.25, 0.3) is 0 Å². The number of hydrogen-bond donors (Lipinski definition) is 1. The highest BCUT2D eigenvalue weighted by Crippen LogP contribution is 2.36. The van der Waals surface area contributed by atoms with Crippen LogP contribution >= 0.6 is 11.6 Å². The van der Waals surface area contributed by atoms with Gasteiger partial charge >= 0.3 is 0 Å². The van der Waals surface area contributed by atoms with Crippen molar-refractivity contribution in [3.05, 3.63) is 107 Å². The molecule has 0 atom stereocenters. The van der Waals surface area contributed by atoms with Crippen LogP contribution in [0.3, 0.4) is 0 Å². The van der Waals surface area contributed by atoms with E-state index in [-0.39, 0.29) is 0 Å². The van der Waals surface area contributed by atoms with Crippen molar-refractivity contribution in [3.63, 3.8) is 0 Å². The monoisotopic (exact) mass is 438 g/mol. The summed E-state index contributed by atoms with van der Waals surface area (Å²) in [4.78, 5) is 9.25. The van der Waals surface area contributed by atoms with E-state index >= 15 is 0 Å². The number of halogens is 1. The second-order valence-electron chi connectivity index (χ2n) is 7.97. The van der Waals surface area contributed by atoms with Crippen LogP contribution in [0.2, 0.25) is 5.02 Å². The molecular formula is C27H23ClN4. The quantitative estimate of drug-likeness (QED) is 0.322. The molecular weight excluding hydrogens is 416 g/mol. The van der Waals surface area contributed by atoms with E-state index in [0.29, 0.717) is 6.54 Å². The predicted molar refractivity (Wildman–Crippen MR) is 133 cm³/mol. The summed E-state index contributed by atoms with van der Waals surface area (Å²) in [6.07, 6.45) is 3.73. The molecule has 0 unspecified atom stereocenters. The van der Waals surface area contributed by atoms with Crippen molar-refractivity contribution in [3.8, 4) is 16.8 Å². The van der Waals surface area contributed by atoms with Crippen LogP contribution in [0.5, 0.6) is 0 Å². The second-order valence-corrected chi connectivity index (χ2v) is 8.38. The first-order chi connectivity index (χ1) is 15.6. The van der Waals surface area contributed by atoms with Gasteiger partial charge in [0, 0.05) is 29.0 Å². The van der Waals surface area contributed by atoms with Crippen LogP contribution in [-0.2, 0) is 6.54 Å². The zero-order valence-electron chi connectivity index (χ0n) is 18.0. The fraction of sp³-hybridized carbons (Fsp3) is 0.111. The summed E-state index contributed by atoms with van der Waals surface area (Å²) >= 11 is 6.44. The third-order valence-electron chi connectivity index (χ3n) is 5.68. The van der Waals surface area contributed by atoms with Gasteiger partial charge in [-0.05, 0) is 42.7 Å². The topological polar surface area (TPSA) is 42.7 Å². The Labute approximate surface area is 192 Å². The second kappa shape index (κ2) is 8.48. The third-order valence-corrected chi connectivity index (χ3v) is 6.09. The van der Waals surface area contributed by atoms with E-state index in [9.17, 15) is 0 Å². The highest BCUT2D eigenvalue weighted by molar-refractivity contribution is 6.31. The van der Waals surface area contributed by atoms with Gasteiger partial charge < -0.3 is 9.88 Å². The first kappa shape index (κ1) is 20.3. The average Bonchev–Trinajstić information content (AvgIpc) is 3.21. The molecule has 5 aromatic rings. The van der Waals surface area contributed by atoms with Gasteiger partial charge in [-0.2, -0.15) is 0 Å². The Morgan fingerprint density at radius 3 is 2.44 bits per heavy atom. The minimum absolute atomic E-state index is 0.683. The lowest BCUT2D eigenvalue weighted by atomic mass is 10.1. The standard InChI is InChI=1S/C27H23ClN4/c1-18-8-11-20(12-9-18)15-29-26-25-23(21-6-4-3-5-7-21)16-32(27(25)31-17-30-26)22-13-10-19(2)24(28)14-22/h3-14,16-17H,15H2,1-2H3,(H,29,30,31). The number of anilines is 1. The number of aryl methyl sites for hydroxylation is 2. The molecule has 3 aromatic carbocycles. The molecule has 0 aliphatic rings. The van der Waals surface area contributed by atoms with E-state index in [2.05, 4.69) is 75.4 Å². The van der Waals surface area contributed by atoms with Crippen LogP contribution in [0, 0.1) is 13.8 Å². The molecule has 0 aliphatic carbocycles. The molecule has 2 aromatic heterocycles. The number of fused-ring (bicyclic) bond motifs is 1. The van der Waals surface area contributed by atoms with Gasteiger partial charge in [0.15, 0.2) is 5.65 Å². The summed E-state index contributed by atoms with van der Waals surface area (Å²) in [5.74, 6) is 0.811. The number of benzene rings is 3. The number of rotatable bonds is 5. The fourth-order valence-electron chi connectivity index (χ4n) is 3.85. The molecule has 4 nitrogen and oxygen atoms in total. The Balaban J connectivity index is 1.65. The summed E-state index contributed by atoms with van der Waals surface area (Å²) in [5, 5.41) is 5.25. The fourth-order valence-corrected chi connectivity index (χ4v) is 4.03. The summed E-state index contributed by atoms with van der Waals surface area (Å²) in [5.41, 5.74) is 7.49. The Kier molecular flexibility index (Phi) is 5.38. The number of nitrogens with one attached hydrogen (secondary N) is 1. The maximum atomic E-state index is 6.44. The molecule has 5 heteroatoms. The summed E-state index contributed by atoms with van der Waals surface area (Å²) in [6, 6.07) is 24.9. The molecule has 0 bridgehead atoms. The van der Waals surface area contributed by atoms with Crippen LogP contribution < -0.4 is 5.32 Å². The first-order valence-electron chi connectivity index (χ1n) is 10.6. The van der Waals surface area contributed by atoms with Crippen LogP contribution in [0.15, 0.2) is 85.3 Å². The summed E-state index contributed by atoms with van der Waals surface area (Å²) in [7, 11) is 0. The zero-order chi connectivity index (χ0) is 22.1. The van der Waals surface area contributed by atoms with Crippen molar-refractivity contribution in [1.82, 2.24) is 14.5 Å². The Bertz CT molecular complexity index is 1390. The summed E-state index contributed by atoms with van der Waals surface area (Å²) in [6.45, 7) is 4.78. The normalized spacial score (nSPS) is 11.1. The molecule has 2 heterocycles. The van der Waals surface area contributed by atoms with Crippen LogP contribution in [0.25, 0.3) is 27.8 Å². The molecule has 0 saturated heterocycles. The highest BCUT2D eigenvalue weighted by atomic mass is 35.5. The van der Waals surface area contributed by atoms with Crippen molar-refractivity contribution in [1.29, 1.82) is 0 Å². The van der Waals surface area contributed by atoms with Crippen molar-refractivity contribution < 1.29 is 0 Å². The molecule has 158 valence electrons. The molecule has 1 N–H and O–H groups in total. The van der Waals surface area contributed by atoms with Gasteiger partial charge in [-0.25, -0.2) is 9.97 Å². The minimum atomic E-state index is 0.683. The summed E-state index contributed by atoms with van der Waals surface area (Å²) < 4.78 is 2.09. The zero-order valence-corrected chi connectivity index (χ0v) is 18.8. The molecule has 5 rings (SSSR count). The maximum absolute atomic E-state index is 6.44. The Hall–Kier alpha value is -3.63. The lowest BCUT2D eigenvalue weighted by molar-refractivity contribution is 1.06. The van der Waals surface area contributed by atoms with Crippen molar-refractivity contribution in [2.45, 2.75) is 20.4 Å². The predicted octanol–water partition coefficient (Wildman–Crippen LogP) is 6.97. The molecule has 0 spiro atoms. The van der Waals surface area contributed by atoms with Gasteiger partial charge in [0.05, 0.1) is 5.39 Å². The maximum Gasteiger partial charge on any atom is 0.150 e. The van der Waals surface area contributed by atoms with Gasteiger partial charge in [0.2, 0.25) is 0 Å². The smallest absolute Gasteiger partial charge is 0.150 e. The van der Waals surface area contributed by atoms with Crippen molar-refractivity contribution in [2.24, 2.45) is 0 Å². The van der Waals surface area contributed by atoms with Gasteiger partial charge in [-0.3, -0.25) is 0 Å². The Morgan fingerprint density at radius 1 is 0.906 bits per heavy atom. The molecule has 0 saturated carbocycles. The molecule has 0 radical (unpaired) electrons. The van der Waals surface area contributed by atoms with E-state index < -0.39 is 0 Å². The molecule has 0 aliphatic heterocycles. The SMILES string of the molecule is Cc1ccc(CNc2ncnc3c2c(-c2ccccc2)cn3-c2ccc(C)c(Cl)c2)cc1. The van der Waals surface area contributed by atoms with Crippen LogP contribution in [0.1, 0.15) is 16.7 Å². The van der Waals surface area contributed by atoms with E-state index in [4.69, 9.17) is 11.6 Å². The highest BCUT2D eigenvalue weighted by Gasteiger charge is 2.17. The van der Waals surface area contributed by atoms with Crippen LogP contribution in [0.4, 0.5) is 5.82 Å². The number of nitrogens with zero attached hydrogens (tertiary/aromatic N) is 3. The Morgan fingerprint density at radius 2 is 1.69 bits per heavy atom. The molecule has 0 fully saturated rings. The van der Waals surface area contributed by atoms with Gasteiger partial charge in [0.1, 0.15) is 12.1 Å². The lowest BCUT2D eigenvalue weighted by Gasteiger charge is -2.10. The van der Waals surface area contributed by atoms with Crippen molar-refractivity contribution >= 4 is 28.5 Å².